The lowest BCUT2D eigenvalue weighted by molar-refractivity contribution is -0.118. The molecule has 1 atom stereocenters. The van der Waals surface area contributed by atoms with Crippen LogP contribution in [0.25, 0.3) is 0 Å². The first kappa shape index (κ1) is 29.0. The molecule has 8 heteroatoms. The van der Waals surface area contributed by atoms with Crippen LogP contribution in [0, 0.1) is 12.8 Å². The number of aryl methyl sites for hydroxylation is 2. The number of imidazole rings is 1. The minimum absolute atomic E-state index is 0.0187. The summed E-state index contributed by atoms with van der Waals surface area (Å²) in [5, 5.41) is 10.6. The Balaban J connectivity index is 1.51. The molecular formula is C31H40ClN3O4. The Hall–Kier alpha value is -3.03. The van der Waals surface area contributed by atoms with Gasteiger partial charge in [-0.15, -0.1) is 0 Å². The molecule has 1 N–H and O–H groups in total. The van der Waals surface area contributed by atoms with E-state index in [4.69, 9.17) is 16.3 Å². The quantitative estimate of drug-likeness (QED) is 0.296. The molecule has 1 unspecified atom stereocenters. The number of benzene rings is 2. The van der Waals surface area contributed by atoms with Crippen LogP contribution in [0.2, 0.25) is 5.02 Å². The van der Waals surface area contributed by atoms with Gasteiger partial charge >= 0.3 is 5.69 Å². The molecule has 1 aromatic heterocycles. The van der Waals surface area contributed by atoms with Crippen molar-refractivity contribution in [3.63, 3.8) is 0 Å². The van der Waals surface area contributed by atoms with Crippen molar-refractivity contribution < 1.29 is 14.6 Å². The number of aromatic nitrogens is 2. The maximum atomic E-state index is 12.4. The van der Waals surface area contributed by atoms with E-state index >= 15 is 0 Å². The summed E-state index contributed by atoms with van der Waals surface area (Å²) in [5.41, 5.74) is 3.00. The normalized spacial score (nSPS) is 15.0. The molecule has 0 spiro atoms. The summed E-state index contributed by atoms with van der Waals surface area (Å²) in [6.07, 6.45) is 8.17. The molecule has 39 heavy (non-hydrogen) atoms. The number of carbonyl (C=O) groups is 1. The van der Waals surface area contributed by atoms with Crippen LogP contribution in [0.4, 0.5) is 0 Å². The molecule has 3 aromatic rings. The molecule has 7 nitrogen and oxygen atoms in total. The van der Waals surface area contributed by atoms with Gasteiger partial charge < -0.3 is 9.84 Å². The van der Waals surface area contributed by atoms with Crippen molar-refractivity contribution >= 4 is 17.4 Å². The van der Waals surface area contributed by atoms with Crippen LogP contribution in [0.15, 0.2) is 53.5 Å². The topological polar surface area (TPSA) is 76.7 Å². The van der Waals surface area contributed by atoms with Crippen LogP contribution in [0.5, 0.6) is 11.6 Å². The molecule has 1 saturated carbocycles. The minimum Gasteiger partial charge on any atom is -0.493 e. The Morgan fingerprint density at radius 2 is 1.87 bits per heavy atom. The molecule has 0 amide bonds. The molecule has 1 fully saturated rings. The first-order valence-corrected chi connectivity index (χ1v) is 14.3. The molecule has 0 bridgehead atoms. The van der Waals surface area contributed by atoms with E-state index in [0.29, 0.717) is 17.4 Å². The lowest BCUT2D eigenvalue weighted by atomic mass is 9.87. The van der Waals surface area contributed by atoms with E-state index in [9.17, 15) is 14.7 Å². The zero-order valence-corrected chi connectivity index (χ0v) is 24.0. The van der Waals surface area contributed by atoms with Gasteiger partial charge in [0.2, 0.25) is 5.88 Å². The van der Waals surface area contributed by atoms with Gasteiger partial charge in [-0.1, -0.05) is 55.1 Å². The predicted molar refractivity (Wildman–Crippen MR) is 154 cm³/mol. The minimum atomic E-state index is -0.276. The molecule has 0 saturated heterocycles. The van der Waals surface area contributed by atoms with Gasteiger partial charge in [0, 0.05) is 37.6 Å². The summed E-state index contributed by atoms with van der Waals surface area (Å²) in [5.74, 6) is 1.48. The van der Waals surface area contributed by atoms with Gasteiger partial charge in [0.15, 0.2) is 0 Å². The van der Waals surface area contributed by atoms with Crippen LogP contribution in [-0.2, 0) is 24.9 Å². The van der Waals surface area contributed by atoms with Gasteiger partial charge in [-0.05, 0) is 67.5 Å². The highest BCUT2D eigenvalue weighted by Crippen LogP contribution is 2.33. The van der Waals surface area contributed by atoms with Crippen LogP contribution < -0.4 is 10.4 Å². The molecule has 0 aliphatic heterocycles. The molecule has 2 aromatic carbocycles. The zero-order chi connectivity index (χ0) is 27.9. The van der Waals surface area contributed by atoms with Crippen molar-refractivity contribution in [3.05, 3.63) is 80.9 Å². The van der Waals surface area contributed by atoms with Crippen molar-refractivity contribution in [2.45, 2.75) is 71.5 Å². The lowest BCUT2D eigenvalue weighted by Gasteiger charge is -2.36. The summed E-state index contributed by atoms with van der Waals surface area (Å²) in [4.78, 5) is 27.0. The van der Waals surface area contributed by atoms with E-state index < -0.39 is 0 Å². The highest BCUT2D eigenvalue weighted by Gasteiger charge is 2.26. The van der Waals surface area contributed by atoms with Gasteiger partial charge in [0.25, 0.3) is 0 Å². The van der Waals surface area contributed by atoms with E-state index in [1.165, 1.54) is 47.4 Å². The number of rotatable bonds is 12. The first-order valence-electron chi connectivity index (χ1n) is 13.9. The maximum absolute atomic E-state index is 12.4. The monoisotopic (exact) mass is 553 g/mol. The second-order valence-electron chi connectivity index (χ2n) is 10.9. The average Bonchev–Trinajstić information content (AvgIpc) is 3.15. The average molecular weight is 554 g/mol. The van der Waals surface area contributed by atoms with Crippen LogP contribution in [-0.4, -0.2) is 38.1 Å². The summed E-state index contributed by atoms with van der Waals surface area (Å²) in [7, 11) is 1.60. The fourth-order valence-electron chi connectivity index (χ4n) is 5.67. The van der Waals surface area contributed by atoms with E-state index in [1.807, 2.05) is 37.3 Å². The fourth-order valence-corrected chi connectivity index (χ4v) is 5.79. The summed E-state index contributed by atoms with van der Waals surface area (Å²) in [6.45, 7) is 5.89. The lowest BCUT2D eigenvalue weighted by Crippen LogP contribution is -2.35. The van der Waals surface area contributed by atoms with Gasteiger partial charge in [-0.2, -0.15) is 0 Å². The highest BCUT2D eigenvalue weighted by atomic mass is 35.5. The van der Waals surface area contributed by atoms with Crippen molar-refractivity contribution in [1.82, 2.24) is 14.0 Å². The Morgan fingerprint density at radius 3 is 2.49 bits per heavy atom. The largest absolute Gasteiger partial charge is 0.493 e. The number of ketones is 1. The van der Waals surface area contributed by atoms with Crippen molar-refractivity contribution in [3.8, 4) is 11.6 Å². The van der Waals surface area contributed by atoms with E-state index in [0.717, 1.165) is 35.5 Å². The Morgan fingerprint density at radius 1 is 1.15 bits per heavy atom. The number of carbonyl (C=O) groups excluding carboxylic acids is 1. The third kappa shape index (κ3) is 7.76. The Kier molecular flexibility index (Phi) is 9.92. The maximum Gasteiger partial charge on any atom is 0.330 e. The third-order valence-electron chi connectivity index (χ3n) is 7.71. The third-order valence-corrected chi connectivity index (χ3v) is 7.96. The Bertz CT molecular complexity index is 1310. The van der Waals surface area contributed by atoms with Crippen LogP contribution in [0.3, 0.4) is 0 Å². The number of halogens is 1. The highest BCUT2D eigenvalue weighted by molar-refractivity contribution is 6.30. The van der Waals surface area contributed by atoms with Gasteiger partial charge in [0.05, 0.1) is 12.7 Å². The predicted octanol–water partition coefficient (Wildman–Crippen LogP) is 6.04. The van der Waals surface area contributed by atoms with Gasteiger partial charge in [0.1, 0.15) is 18.1 Å². The van der Waals surface area contributed by atoms with E-state index in [1.54, 1.807) is 14.0 Å². The summed E-state index contributed by atoms with van der Waals surface area (Å²) >= 11 is 6.18. The van der Waals surface area contributed by atoms with Crippen molar-refractivity contribution in [2.75, 3.05) is 13.2 Å². The van der Waals surface area contributed by atoms with Crippen molar-refractivity contribution in [1.29, 1.82) is 0 Å². The molecule has 1 aliphatic carbocycles. The van der Waals surface area contributed by atoms with E-state index in [2.05, 4.69) is 17.0 Å². The number of hydrogen-bond acceptors (Lipinski definition) is 5. The SMILES string of the molecule is CC(=O)CC(c1ccc(Cl)cc1)N(Cc1ccc(OCCn2c(O)cn(C)c2=O)c(C)c1)CC1CCCCC1. The molecular weight excluding hydrogens is 514 g/mol. The van der Waals surface area contributed by atoms with Gasteiger partial charge in [-0.25, -0.2) is 4.79 Å². The molecule has 0 radical (unpaired) electrons. The molecule has 210 valence electrons. The smallest absolute Gasteiger partial charge is 0.330 e. The number of hydrogen-bond donors (Lipinski definition) is 1. The standard InChI is InChI=1S/C31H40ClN3O4/c1-22-17-25(9-14-29(22)39-16-15-35-30(37)21-33(3)31(35)38)20-34(19-24-7-5-4-6-8-24)28(18-23(2)36)26-10-12-27(32)13-11-26/h9-14,17,21,24,28,37H,4-8,15-16,18-20H2,1-3H3. The van der Waals surface area contributed by atoms with Crippen LogP contribution >= 0.6 is 11.6 Å². The summed E-state index contributed by atoms with van der Waals surface area (Å²) < 4.78 is 8.61. The fraction of sp³-hybridized carbons (Fsp3) is 0.484. The Labute approximate surface area is 236 Å². The molecule has 1 heterocycles. The number of ether oxygens (including phenoxy) is 1. The van der Waals surface area contributed by atoms with E-state index in [-0.39, 0.29) is 36.5 Å². The number of nitrogens with zero attached hydrogens (tertiary/aromatic N) is 3. The second-order valence-corrected chi connectivity index (χ2v) is 11.3. The molecule has 4 rings (SSSR count). The first-order chi connectivity index (χ1) is 18.7. The second kappa shape index (κ2) is 13.4. The number of Topliss-reactive ketones (excluding diaryl/α,β-unsaturated/α-hetero) is 1. The van der Waals surface area contributed by atoms with Crippen molar-refractivity contribution in [2.24, 2.45) is 13.0 Å². The van der Waals surface area contributed by atoms with Crippen LogP contribution in [0.1, 0.15) is 68.2 Å². The summed E-state index contributed by atoms with van der Waals surface area (Å²) in [6, 6.07) is 14.1. The van der Waals surface area contributed by atoms with Gasteiger partial charge in [-0.3, -0.25) is 18.8 Å². The molecule has 1 aliphatic rings. The zero-order valence-electron chi connectivity index (χ0n) is 23.2. The number of aromatic hydroxyl groups is 1.